The van der Waals surface area contributed by atoms with Crippen LogP contribution in [0, 0.1) is 5.92 Å². The van der Waals surface area contributed by atoms with Crippen molar-refractivity contribution in [1.29, 1.82) is 0 Å². The zero-order valence-electron chi connectivity index (χ0n) is 13.6. The first-order valence-electron chi connectivity index (χ1n) is 8.03. The molecule has 1 aliphatic rings. The van der Waals surface area contributed by atoms with Crippen molar-refractivity contribution < 1.29 is 9.47 Å². The van der Waals surface area contributed by atoms with Gasteiger partial charge >= 0.3 is 0 Å². The van der Waals surface area contributed by atoms with Crippen LogP contribution in [-0.4, -0.2) is 25.9 Å². The van der Waals surface area contributed by atoms with E-state index in [-0.39, 0.29) is 11.6 Å². The number of hydrogen-bond donors (Lipinski definition) is 1. The van der Waals surface area contributed by atoms with Gasteiger partial charge in [0.05, 0.1) is 12.7 Å². The third kappa shape index (κ3) is 3.98. The summed E-state index contributed by atoms with van der Waals surface area (Å²) in [6.45, 7) is 2.32. The summed E-state index contributed by atoms with van der Waals surface area (Å²) in [5.41, 5.74) is 7.69. The molecule has 0 spiro atoms. The van der Waals surface area contributed by atoms with Gasteiger partial charge < -0.3 is 15.2 Å². The van der Waals surface area contributed by atoms with E-state index >= 15 is 0 Å². The Bertz CT molecular complexity index is 421. The lowest BCUT2D eigenvalue weighted by atomic mass is 9.74. The average Bonchev–Trinajstić information content (AvgIpc) is 2.54. The van der Waals surface area contributed by atoms with Crippen LogP contribution in [0.4, 0.5) is 0 Å². The minimum Gasteiger partial charge on any atom is -0.497 e. The highest BCUT2D eigenvalue weighted by Gasteiger charge is 2.39. The molecule has 1 aliphatic carbocycles. The van der Waals surface area contributed by atoms with Crippen LogP contribution in [0.15, 0.2) is 24.3 Å². The van der Waals surface area contributed by atoms with Gasteiger partial charge in [0.25, 0.3) is 0 Å². The molecule has 0 bridgehead atoms. The van der Waals surface area contributed by atoms with Crippen LogP contribution >= 0.6 is 0 Å². The third-order valence-corrected chi connectivity index (χ3v) is 5.11. The van der Waals surface area contributed by atoms with Gasteiger partial charge in [-0.3, -0.25) is 0 Å². The topological polar surface area (TPSA) is 44.5 Å². The summed E-state index contributed by atoms with van der Waals surface area (Å²) in [7, 11) is 3.51. The van der Waals surface area contributed by atoms with Crippen molar-refractivity contribution >= 4 is 0 Å². The van der Waals surface area contributed by atoms with E-state index in [1.807, 2.05) is 19.2 Å². The fraction of sp³-hybridized carbons (Fsp3) is 0.667. The number of aryl methyl sites for hydroxylation is 1. The second-order valence-corrected chi connectivity index (χ2v) is 6.44. The highest BCUT2D eigenvalue weighted by atomic mass is 16.5. The number of hydrogen-bond acceptors (Lipinski definition) is 3. The standard InChI is InChI=1S/C18H29NO2/c1-14-10-12-18(21-3,13-11-14)17(19)9-6-15-4-7-16(20-2)8-5-15/h4-5,7-8,14,17H,6,9-13,19H2,1-3H3. The van der Waals surface area contributed by atoms with Crippen molar-refractivity contribution in [1.82, 2.24) is 0 Å². The van der Waals surface area contributed by atoms with Gasteiger partial charge in [0.15, 0.2) is 0 Å². The van der Waals surface area contributed by atoms with E-state index < -0.39 is 0 Å². The van der Waals surface area contributed by atoms with E-state index in [0.717, 1.165) is 37.4 Å². The molecule has 0 aliphatic heterocycles. The summed E-state index contributed by atoms with van der Waals surface area (Å²) in [5.74, 6) is 1.71. The van der Waals surface area contributed by atoms with Gasteiger partial charge in [-0.05, 0) is 62.1 Å². The minimum atomic E-state index is -0.112. The summed E-state index contributed by atoms with van der Waals surface area (Å²) in [6, 6.07) is 8.36. The van der Waals surface area contributed by atoms with Gasteiger partial charge in [-0.25, -0.2) is 0 Å². The average molecular weight is 291 g/mol. The lowest BCUT2D eigenvalue weighted by molar-refractivity contribution is -0.0675. The summed E-state index contributed by atoms with van der Waals surface area (Å²) in [6.07, 6.45) is 6.59. The van der Waals surface area contributed by atoms with Crippen LogP contribution in [0.25, 0.3) is 0 Å². The van der Waals surface area contributed by atoms with Crippen molar-refractivity contribution in [3.8, 4) is 5.75 Å². The van der Waals surface area contributed by atoms with Crippen LogP contribution in [-0.2, 0) is 11.2 Å². The van der Waals surface area contributed by atoms with E-state index in [2.05, 4.69) is 19.1 Å². The van der Waals surface area contributed by atoms with Crippen molar-refractivity contribution in [2.75, 3.05) is 14.2 Å². The Morgan fingerprint density at radius 1 is 1.19 bits per heavy atom. The van der Waals surface area contributed by atoms with Crippen LogP contribution in [0.3, 0.4) is 0 Å². The first-order chi connectivity index (χ1) is 10.1. The van der Waals surface area contributed by atoms with Gasteiger partial charge in [-0.1, -0.05) is 19.1 Å². The van der Waals surface area contributed by atoms with E-state index in [0.29, 0.717) is 0 Å². The van der Waals surface area contributed by atoms with Crippen LogP contribution in [0.2, 0.25) is 0 Å². The smallest absolute Gasteiger partial charge is 0.118 e. The Labute approximate surface area is 128 Å². The number of rotatable bonds is 6. The molecule has 2 rings (SSSR count). The molecule has 21 heavy (non-hydrogen) atoms. The Morgan fingerprint density at radius 3 is 2.33 bits per heavy atom. The van der Waals surface area contributed by atoms with Crippen LogP contribution in [0.1, 0.15) is 44.6 Å². The number of methoxy groups -OCH3 is 2. The molecule has 1 saturated carbocycles. The summed E-state index contributed by atoms with van der Waals surface area (Å²) in [4.78, 5) is 0. The minimum absolute atomic E-state index is 0.108. The highest BCUT2D eigenvalue weighted by molar-refractivity contribution is 5.27. The summed E-state index contributed by atoms with van der Waals surface area (Å²) < 4.78 is 11.1. The molecule has 1 aromatic rings. The second-order valence-electron chi connectivity index (χ2n) is 6.44. The quantitative estimate of drug-likeness (QED) is 0.871. The van der Waals surface area contributed by atoms with E-state index in [4.69, 9.17) is 15.2 Å². The lowest BCUT2D eigenvalue weighted by Gasteiger charge is -2.42. The van der Waals surface area contributed by atoms with Crippen LogP contribution < -0.4 is 10.5 Å². The zero-order valence-corrected chi connectivity index (χ0v) is 13.6. The summed E-state index contributed by atoms with van der Waals surface area (Å²) in [5, 5.41) is 0. The highest BCUT2D eigenvalue weighted by Crippen LogP contribution is 2.37. The Kier molecular flexibility index (Phi) is 5.65. The molecule has 3 nitrogen and oxygen atoms in total. The molecule has 1 atom stereocenters. The third-order valence-electron chi connectivity index (χ3n) is 5.11. The molecule has 1 fully saturated rings. The van der Waals surface area contributed by atoms with Gasteiger partial charge in [0.2, 0.25) is 0 Å². The molecule has 2 N–H and O–H groups in total. The molecule has 0 heterocycles. The number of benzene rings is 1. The fourth-order valence-electron chi connectivity index (χ4n) is 3.35. The largest absolute Gasteiger partial charge is 0.497 e. The van der Waals surface area contributed by atoms with Gasteiger partial charge in [0, 0.05) is 13.2 Å². The Balaban J connectivity index is 1.91. The van der Waals surface area contributed by atoms with E-state index in [1.165, 1.54) is 18.4 Å². The van der Waals surface area contributed by atoms with Gasteiger partial charge in [-0.15, -0.1) is 0 Å². The molecule has 0 aromatic heterocycles. The predicted molar refractivity (Wildman–Crippen MR) is 86.7 cm³/mol. The van der Waals surface area contributed by atoms with Crippen molar-refractivity contribution in [3.05, 3.63) is 29.8 Å². The zero-order chi connectivity index (χ0) is 15.3. The fourth-order valence-corrected chi connectivity index (χ4v) is 3.35. The van der Waals surface area contributed by atoms with E-state index in [9.17, 15) is 0 Å². The normalized spacial score (nSPS) is 27.3. The van der Waals surface area contributed by atoms with Crippen molar-refractivity contribution in [2.45, 2.75) is 57.1 Å². The maximum atomic E-state index is 6.49. The molecule has 1 unspecified atom stereocenters. The van der Waals surface area contributed by atoms with Gasteiger partial charge in [-0.2, -0.15) is 0 Å². The number of ether oxygens (including phenoxy) is 2. The molecule has 1 aromatic carbocycles. The Hall–Kier alpha value is -1.06. The maximum absolute atomic E-state index is 6.49. The molecule has 0 radical (unpaired) electrons. The van der Waals surface area contributed by atoms with Gasteiger partial charge in [0.1, 0.15) is 5.75 Å². The lowest BCUT2D eigenvalue weighted by Crippen LogP contribution is -2.51. The van der Waals surface area contributed by atoms with Crippen LogP contribution in [0.5, 0.6) is 5.75 Å². The van der Waals surface area contributed by atoms with Crippen molar-refractivity contribution in [3.63, 3.8) is 0 Å². The molecular weight excluding hydrogens is 262 g/mol. The van der Waals surface area contributed by atoms with Crippen molar-refractivity contribution in [2.24, 2.45) is 11.7 Å². The number of nitrogens with two attached hydrogens (primary N) is 1. The first-order valence-corrected chi connectivity index (χ1v) is 8.03. The maximum Gasteiger partial charge on any atom is 0.118 e. The molecule has 118 valence electrons. The molecule has 0 saturated heterocycles. The molecule has 0 amide bonds. The second kappa shape index (κ2) is 7.28. The first kappa shape index (κ1) is 16.3. The van der Waals surface area contributed by atoms with E-state index in [1.54, 1.807) is 7.11 Å². The molecular formula is C18H29NO2. The Morgan fingerprint density at radius 2 is 1.81 bits per heavy atom. The monoisotopic (exact) mass is 291 g/mol. The SMILES string of the molecule is COc1ccc(CCC(N)C2(OC)CCC(C)CC2)cc1. The molecule has 3 heteroatoms. The summed E-state index contributed by atoms with van der Waals surface area (Å²) >= 11 is 0. The predicted octanol–water partition coefficient (Wildman–Crippen LogP) is 3.55.